The largest absolute Gasteiger partial charge is 0.233 e. The predicted molar refractivity (Wildman–Crippen MR) is 70.3 cm³/mol. The quantitative estimate of drug-likeness (QED) is 0.764. The van der Waals surface area contributed by atoms with Crippen LogP contribution in [0.4, 0.5) is 0 Å². The van der Waals surface area contributed by atoms with Gasteiger partial charge in [0.1, 0.15) is 11.9 Å². The zero-order chi connectivity index (χ0) is 12.8. The van der Waals surface area contributed by atoms with Crippen molar-refractivity contribution in [3.63, 3.8) is 0 Å². The van der Waals surface area contributed by atoms with Gasteiger partial charge in [0, 0.05) is 0 Å². The average Bonchev–Trinajstić information content (AvgIpc) is 2.46. The molecule has 2 aromatic rings. The summed E-state index contributed by atoms with van der Waals surface area (Å²) in [5.41, 5.74) is 1.93. The first-order valence-electron chi connectivity index (χ1n) is 5.62. The molecule has 0 aliphatic rings. The van der Waals surface area contributed by atoms with Crippen molar-refractivity contribution in [2.24, 2.45) is 0 Å². The summed E-state index contributed by atoms with van der Waals surface area (Å²) in [7, 11) is 0. The maximum absolute atomic E-state index is 11.2. The third-order valence-electron chi connectivity index (χ3n) is 2.75. The monoisotopic (exact) mass is 233 g/mol. The Hall–Kier alpha value is -2.62. The first-order chi connectivity index (χ1) is 8.86. The maximum Gasteiger partial charge on any atom is 0.130 e. The molecule has 0 heterocycles. The third-order valence-corrected chi connectivity index (χ3v) is 2.75. The minimum absolute atomic E-state index is 0.379. The molecule has 2 aromatic carbocycles. The lowest BCUT2D eigenvalue weighted by atomic mass is 9.89. The van der Waals surface area contributed by atoms with E-state index < -0.39 is 5.92 Å². The Bertz CT molecular complexity index is 605. The van der Waals surface area contributed by atoms with Crippen molar-refractivity contribution in [2.45, 2.75) is 5.92 Å². The number of benzene rings is 2. The van der Waals surface area contributed by atoms with Gasteiger partial charge in [-0.25, -0.2) is 4.79 Å². The molecule has 0 saturated heterocycles. The van der Waals surface area contributed by atoms with E-state index in [0.29, 0.717) is 5.57 Å². The molecular weight excluding hydrogens is 222 g/mol. The summed E-state index contributed by atoms with van der Waals surface area (Å²) in [6, 6.07) is 20.6. The van der Waals surface area contributed by atoms with Gasteiger partial charge in [0.05, 0.1) is 11.6 Å². The first-order valence-corrected chi connectivity index (χ1v) is 5.62. The van der Waals surface area contributed by atoms with Gasteiger partial charge in [0.15, 0.2) is 0 Å². The summed E-state index contributed by atoms with van der Waals surface area (Å²) < 4.78 is 0. The van der Waals surface area contributed by atoms with Crippen molar-refractivity contribution in [3.05, 3.63) is 71.8 Å². The minimum Gasteiger partial charge on any atom is -0.233 e. The number of hydrogen-bond donors (Lipinski definition) is 0. The van der Waals surface area contributed by atoms with Crippen molar-refractivity contribution in [1.82, 2.24) is 0 Å². The predicted octanol–water partition coefficient (Wildman–Crippen LogP) is 3.21. The van der Waals surface area contributed by atoms with Crippen LogP contribution in [0, 0.1) is 11.3 Å². The van der Waals surface area contributed by atoms with Crippen LogP contribution in [0.1, 0.15) is 17.0 Å². The summed E-state index contributed by atoms with van der Waals surface area (Å²) in [5.74, 6) is 1.33. The van der Waals surface area contributed by atoms with Gasteiger partial charge in [-0.05, 0) is 11.1 Å². The number of nitrogens with zero attached hydrogens (tertiary/aromatic N) is 1. The molecule has 0 fully saturated rings. The summed E-state index contributed by atoms with van der Waals surface area (Å²) in [6.45, 7) is 0. The fourth-order valence-electron chi connectivity index (χ4n) is 1.85. The molecule has 86 valence electrons. The molecule has 2 rings (SSSR count). The molecular formula is C16H11NO. The van der Waals surface area contributed by atoms with Crippen molar-refractivity contribution >= 4 is 11.5 Å². The zero-order valence-corrected chi connectivity index (χ0v) is 9.71. The van der Waals surface area contributed by atoms with Crippen LogP contribution in [0.15, 0.2) is 60.7 Å². The molecule has 0 radical (unpaired) electrons. The van der Waals surface area contributed by atoms with Crippen molar-refractivity contribution in [3.8, 4) is 6.07 Å². The number of nitriles is 1. The Morgan fingerprint density at radius 1 is 0.944 bits per heavy atom. The van der Waals surface area contributed by atoms with Crippen molar-refractivity contribution in [1.29, 1.82) is 5.26 Å². The van der Waals surface area contributed by atoms with E-state index >= 15 is 0 Å². The molecule has 0 aliphatic carbocycles. The summed E-state index contributed by atoms with van der Waals surface area (Å²) in [6.07, 6.45) is 0. The van der Waals surface area contributed by atoms with E-state index in [1.54, 1.807) is 0 Å². The van der Waals surface area contributed by atoms with Crippen LogP contribution in [-0.2, 0) is 4.79 Å². The van der Waals surface area contributed by atoms with Crippen LogP contribution in [0.25, 0.3) is 5.57 Å². The van der Waals surface area contributed by atoms with Gasteiger partial charge in [-0.1, -0.05) is 60.7 Å². The van der Waals surface area contributed by atoms with E-state index in [1.807, 2.05) is 66.6 Å². The summed E-state index contributed by atoms with van der Waals surface area (Å²) >= 11 is 0. The molecule has 0 aliphatic heterocycles. The zero-order valence-electron chi connectivity index (χ0n) is 9.71. The highest BCUT2D eigenvalue weighted by Gasteiger charge is 2.18. The number of allylic oxidation sites excluding steroid dienone is 1. The van der Waals surface area contributed by atoms with Gasteiger partial charge in [-0.3, -0.25) is 0 Å². The topological polar surface area (TPSA) is 40.9 Å². The molecule has 1 unspecified atom stereocenters. The molecule has 0 N–H and O–H groups in total. The van der Waals surface area contributed by atoms with Gasteiger partial charge in [-0.15, -0.1) is 0 Å². The lowest BCUT2D eigenvalue weighted by Gasteiger charge is -2.10. The molecule has 0 bridgehead atoms. The van der Waals surface area contributed by atoms with Gasteiger partial charge < -0.3 is 0 Å². The maximum atomic E-state index is 11.2. The molecule has 0 spiro atoms. The second-order valence-corrected chi connectivity index (χ2v) is 3.85. The van der Waals surface area contributed by atoms with E-state index in [1.165, 1.54) is 0 Å². The molecule has 0 amide bonds. The number of carbonyl (C=O) groups excluding carboxylic acids is 1. The Labute approximate surface area is 106 Å². The van der Waals surface area contributed by atoms with Crippen molar-refractivity contribution < 1.29 is 4.79 Å². The van der Waals surface area contributed by atoms with E-state index in [4.69, 9.17) is 0 Å². The fraction of sp³-hybridized carbons (Fsp3) is 0.0625. The molecule has 0 saturated carbocycles. The molecule has 2 heteroatoms. The van der Waals surface area contributed by atoms with Crippen LogP contribution in [0.2, 0.25) is 0 Å². The Morgan fingerprint density at radius 2 is 1.50 bits per heavy atom. The van der Waals surface area contributed by atoms with E-state index in [2.05, 4.69) is 6.07 Å². The Balaban J connectivity index is 2.46. The Morgan fingerprint density at radius 3 is 2.00 bits per heavy atom. The lowest BCUT2D eigenvalue weighted by molar-refractivity contribution is 0.569. The standard InChI is InChI=1S/C16H11NO/c17-11-15(13-7-3-1-4-8-13)16(12-18)14-9-5-2-6-10-14/h1-10,15H. The number of rotatable bonds is 3. The number of hydrogen-bond acceptors (Lipinski definition) is 2. The highest BCUT2D eigenvalue weighted by Crippen LogP contribution is 2.29. The van der Waals surface area contributed by atoms with Crippen LogP contribution >= 0.6 is 0 Å². The lowest BCUT2D eigenvalue weighted by Crippen LogP contribution is -2.00. The third kappa shape index (κ3) is 2.38. The van der Waals surface area contributed by atoms with Gasteiger partial charge in [0.25, 0.3) is 0 Å². The fourth-order valence-corrected chi connectivity index (χ4v) is 1.85. The van der Waals surface area contributed by atoms with E-state index in [9.17, 15) is 10.1 Å². The second-order valence-electron chi connectivity index (χ2n) is 3.85. The summed E-state index contributed by atoms with van der Waals surface area (Å²) in [4.78, 5) is 11.2. The van der Waals surface area contributed by atoms with Crippen LogP contribution < -0.4 is 0 Å². The van der Waals surface area contributed by atoms with Crippen molar-refractivity contribution in [2.75, 3.05) is 0 Å². The smallest absolute Gasteiger partial charge is 0.130 e. The SMILES string of the molecule is N#CC(C(=C=O)c1ccccc1)c1ccccc1. The second kappa shape index (κ2) is 5.63. The van der Waals surface area contributed by atoms with Gasteiger partial charge in [-0.2, -0.15) is 5.26 Å². The molecule has 2 nitrogen and oxygen atoms in total. The minimum atomic E-state index is -0.578. The van der Waals surface area contributed by atoms with E-state index in [-0.39, 0.29) is 0 Å². The van der Waals surface area contributed by atoms with E-state index in [0.717, 1.165) is 11.1 Å². The molecule has 0 aromatic heterocycles. The van der Waals surface area contributed by atoms with Crippen LogP contribution in [-0.4, -0.2) is 5.94 Å². The van der Waals surface area contributed by atoms with Crippen LogP contribution in [0.5, 0.6) is 0 Å². The average molecular weight is 233 g/mol. The van der Waals surface area contributed by atoms with Crippen LogP contribution in [0.3, 0.4) is 0 Å². The van der Waals surface area contributed by atoms with Gasteiger partial charge >= 0.3 is 0 Å². The first kappa shape index (κ1) is 11.9. The Kier molecular flexibility index (Phi) is 3.71. The van der Waals surface area contributed by atoms with Gasteiger partial charge in [0.2, 0.25) is 0 Å². The summed E-state index contributed by atoms with van der Waals surface area (Å²) in [5, 5.41) is 9.29. The highest BCUT2D eigenvalue weighted by atomic mass is 16.1. The highest BCUT2D eigenvalue weighted by molar-refractivity contribution is 5.92. The molecule has 1 atom stereocenters. The molecule has 18 heavy (non-hydrogen) atoms. The normalized spacial score (nSPS) is 11.1.